The molecular formula is C17H22N4O3. The molecule has 0 aromatic carbocycles. The minimum absolute atomic E-state index is 0.188. The van der Waals surface area contributed by atoms with Crippen molar-refractivity contribution in [3.8, 4) is 0 Å². The monoisotopic (exact) mass is 330 g/mol. The van der Waals surface area contributed by atoms with Gasteiger partial charge >= 0.3 is 0 Å². The summed E-state index contributed by atoms with van der Waals surface area (Å²) in [5.74, 6) is 1.37. The molecule has 1 aliphatic heterocycles. The summed E-state index contributed by atoms with van der Waals surface area (Å²) >= 11 is 0. The van der Waals surface area contributed by atoms with Crippen LogP contribution in [0.15, 0.2) is 16.8 Å². The molecule has 1 saturated heterocycles. The Morgan fingerprint density at radius 1 is 1.46 bits per heavy atom. The second-order valence-electron chi connectivity index (χ2n) is 5.92. The van der Waals surface area contributed by atoms with Gasteiger partial charge < -0.3 is 14.6 Å². The number of aromatic nitrogens is 3. The summed E-state index contributed by atoms with van der Waals surface area (Å²) in [5, 5.41) is 6.80. The molecule has 1 N–H and O–H groups in total. The first kappa shape index (κ1) is 16.6. The van der Waals surface area contributed by atoms with Crippen LogP contribution in [0, 0.1) is 6.92 Å². The lowest BCUT2D eigenvalue weighted by Gasteiger charge is -2.20. The highest BCUT2D eigenvalue weighted by molar-refractivity contribution is 5.96. The molecule has 128 valence electrons. The summed E-state index contributed by atoms with van der Waals surface area (Å²) in [6, 6.07) is 1.81. The van der Waals surface area contributed by atoms with Crippen LogP contribution in [0.2, 0.25) is 0 Å². The molecule has 1 aliphatic rings. The number of aryl methyl sites for hydroxylation is 2. The Morgan fingerprint density at radius 2 is 2.33 bits per heavy atom. The van der Waals surface area contributed by atoms with Crippen molar-refractivity contribution < 1.29 is 14.1 Å². The zero-order valence-corrected chi connectivity index (χ0v) is 14.0. The van der Waals surface area contributed by atoms with Crippen LogP contribution in [-0.2, 0) is 17.7 Å². The molecule has 1 atom stereocenters. The van der Waals surface area contributed by atoms with E-state index in [9.17, 15) is 4.79 Å². The lowest BCUT2D eigenvalue weighted by molar-refractivity contribution is 0.0779. The highest BCUT2D eigenvalue weighted by Gasteiger charge is 2.20. The number of nitrogens with zero attached hydrogens (tertiary/aromatic N) is 3. The molecule has 7 nitrogen and oxygen atoms in total. The Bertz CT molecular complexity index is 708. The van der Waals surface area contributed by atoms with Gasteiger partial charge in [0, 0.05) is 18.7 Å². The van der Waals surface area contributed by atoms with Crippen LogP contribution in [0.4, 0.5) is 0 Å². The van der Waals surface area contributed by atoms with Crippen LogP contribution in [0.5, 0.6) is 0 Å². The fraction of sp³-hybridized carbons (Fsp3) is 0.529. The van der Waals surface area contributed by atoms with Gasteiger partial charge in [0.05, 0.1) is 24.5 Å². The Morgan fingerprint density at radius 3 is 3.08 bits per heavy atom. The zero-order valence-electron chi connectivity index (χ0n) is 14.0. The van der Waals surface area contributed by atoms with E-state index in [-0.39, 0.29) is 11.8 Å². The lowest BCUT2D eigenvalue weighted by Crippen LogP contribution is -2.25. The van der Waals surface area contributed by atoms with Gasteiger partial charge in [-0.3, -0.25) is 4.79 Å². The molecule has 0 aliphatic carbocycles. The minimum Gasteiger partial charge on any atom is -0.381 e. The summed E-state index contributed by atoms with van der Waals surface area (Å²) in [4.78, 5) is 21.3. The molecule has 0 spiro atoms. The van der Waals surface area contributed by atoms with Crippen LogP contribution in [-0.4, -0.2) is 34.2 Å². The molecule has 3 rings (SSSR count). The van der Waals surface area contributed by atoms with Gasteiger partial charge in [-0.2, -0.15) is 0 Å². The van der Waals surface area contributed by atoms with E-state index in [2.05, 4.69) is 20.4 Å². The van der Waals surface area contributed by atoms with Crippen molar-refractivity contribution in [3.05, 3.63) is 40.8 Å². The molecule has 0 radical (unpaired) electrons. The van der Waals surface area contributed by atoms with Gasteiger partial charge in [0.1, 0.15) is 17.1 Å². The smallest absolute Gasteiger partial charge is 0.257 e. The van der Waals surface area contributed by atoms with E-state index >= 15 is 0 Å². The molecule has 0 saturated carbocycles. The fourth-order valence-corrected chi connectivity index (χ4v) is 2.86. The molecule has 2 aromatic rings. The largest absolute Gasteiger partial charge is 0.381 e. The standard InChI is InChI=1S/C17H22N4O3/c1-3-14-15(11(2)24-21-14)17(22)19-9-13-6-7-18-16(20-13)12-5-4-8-23-10-12/h6-7,12H,3-5,8-10H2,1-2H3,(H,19,22)/t12-/m0/s1. The fourth-order valence-electron chi connectivity index (χ4n) is 2.86. The van der Waals surface area contributed by atoms with Crippen LogP contribution < -0.4 is 5.32 Å². The van der Waals surface area contributed by atoms with Crippen molar-refractivity contribution in [1.29, 1.82) is 0 Å². The number of carbonyl (C=O) groups excluding carboxylic acids is 1. The van der Waals surface area contributed by atoms with Crippen molar-refractivity contribution in [2.75, 3.05) is 13.2 Å². The first-order valence-corrected chi connectivity index (χ1v) is 8.32. The van der Waals surface area contributed by atoms with E-state index in [4.69, 9.17) is 9.26 Å². The topological polar surface area (TPSA) is 90.1 Å². The molecular weight excluding hydrogens is 308 g/mol. The number of carbonyl (C=O) groups is 1. The van der Waals surface area contributed by atoms with Crippen LogP contribution >= 0.6 is 0 Å². The normalized spacial score (nSPS) is 17.7. The van der Waals surface area contributed by atoms with Crippen LogP contribution in [0.1, 0.15) is 59.0 Å². The summed E-state index contributed by atoms with van der Waals surface area (Å²) < 4.78 is 10.6. The van der Waals surface area contributed by atoms with Gasteiger partial charge in [0.2, 0.25) is 0 Å². The molecule has 7 heteroatoms. The number of amides is 1. The van der Waals surface area contributed by atoms with Gasteiger partial charge in [0.15, 0.2) is 0 Å². The number of ether oxygens (including phenoxy) is 1. The van der Waals surface area contributed by atoms with Gasteiger partial charge in [-0.1, -0.05) is 12.1 Å². The maximum absolute atomic E-state index is 12.4. The van der Waals surface area contributed by atoms with E-state index in [1.807, 2.05) is 13.0 Å². The van der Waals surface area contributed by atoms with E-state index in [1.165, 1.54) is 0 Å². The molecule has 0 bridgehead atoms. The van der Waals surface area contributed by atoms with E-state index in [1.54, 1.807) is 13.1 Å². The summed E-state index contributed by atoms with van der Waals surface area (Å²) in [6.45, 7) is 5.50. The van der Waals surface area contributed by atoms with Crippen molar-refractivity contribution in [2.45, 2.75) is 45.6 Å². The SMILES string of the molecule is CCc1noc(C)c1C(=O)NCc1ccnc([C@H]2CCCOC2)n1. The summed E-state index contributed by atoms with van der Waals surface area (Å²) in [7, 11) is 0. The average Bonchev–Trinajstić information content (AvgIpc) is 3.01. The first-order chi connectivity index (χ1) is 11.7. The van der Waals surface area contributed by atoms with Crippen molar-refractivity contribution in [1.82, 2.24) is 20.4 Å². The molecule has 1 amide bonds. The highest BCUT2D eigenvalue weighted by Crippen LogP contribution is 2.22. The maximum atomic E-state index is 12.4. The number of rotatable bonds is 5. The zero-order chi connectivity index (χ0) is 16.9. The molecule has 2 aromatic heterocycles. The Labute approximate surface area is 140 Å². The number of hydrogen-bond donors (Lipinski definition) is 1. The Balaban J connectivity index is 1.66. The van der Waals surface area contributed by atoms with Crippen LogP contribution in [0.25, 0.3) is 0 Å². The quantitative estimate of drug-likeness (QED) is 0.903. The van der Waals surface area contributed by atoms with Crippen molar-refractivity contribution >= 4 is 5.91 Å². The number of hydrogen-bond acceptors (Lipinski definition) is 6. The molecule has 1 fully saturated rings. The van der Waals surface area contributed by atoms with Gasteiger partial charge in [-0.05, 0) is 32.3 Å². The van der Waals surface area contributed by atoms with E-state index in [0.29, 0.717) is 36.6 Å². The predicted molar refractivity (Wildman–Crippen MR) is 86.6 cm³/mol. The third kappa shape index (κ3) is 3.62. The lowest BCUT2D eigenvalue weighted by atomic mass is 10.0. The van der Waals surface area contributed by atoms with Crippen molar-refractivity contribution in [3.63, 3.8) is 0 Å². The highest BCUT2D eigenvalue weighted by atomic mass is 16.5. The summed E-state index contributed by atoms with van der Waals surface area (Å²) in [5.41, 5.74) is 1.98. The molecule has 3 heterocycles. The van der Waals surface area contributed by atoms with Gasteiger partial charge in [-0.15, -0.1) is 0 Å². The predicted octanol–water partition coefficient (Wildman–Crippen LogP) is 2.16. The maximum Gasteiger partial charge on any atom is 0.257 e. The van der Waals surface area contributed by atoms with Crippen LogP contribution in [0.3, 0.4) is 0 Å². The first-order valence-electron chi connectivity index (χ1n) is 8.32. The Kier molecular flexibility index (Phi) is 5.20. The molecule has 0 unspecified atom stereocenters. The third-order valence-electron chi connectivity index (χ3n) is 4.18. The van der Waals surface area contributed by atoms with Gasteiger partial charge in [-0.25, -0.2) is 9.97 Å². The second-order valence-corrected chi connectivity index (χ2v) is 5.92. The number of nitrogens with one attached hydrogen (secondary N) is 1. The third-order valence-corrected chi connectivity index (χ3v) is 4.18. The Hall–Kier alpha value is -2.28. The van der Waals surface area contributed by atoms with Crippen molar-refractivity contribution in [2.24, 2.45) is 0 Å². The second kappa shape index (κ2) is 7.53. The van der Waals surface area contributed by atoms with E-state index in [0.717, 1.165) is 31.0 Å². The summed E-state index contributed by atoms with van der Waals surface area (Å²) in [6.07, 6.45) is 4.46. The average molecular weight is 330 g/mol. The minimum atomic E-state index is -0.188. The molecule has 24 heavy (non-hydrogen) atoms. The van der Waals surface area contributed by atoms with Gasteiger partial charge in [0.25, 0.3) is 5.91 Å². The van der Waals surface area contributed by atoms with E-state index < -0.39 is 0 Å².